The Morgan fingerprint density at radius 3 is 2.93 bits per heavy atom. The molecule has 0 N–H and O–H groups in total. The van der Waals surface area contributed by atoms with E-state index < -0.39 is 0 Å². The normalized spacial score (nSPS) is 10.2. The van der Waals surface area contributed by atoms with Crippen LogP contribution in [0.25, 0.3) is 0 Å². The Hall–Kier alpha value is -0.720. The lowest BCUT2D eigenvalue weighted by Crippen LogP contribution is -1.82. The monoisotopic (exact) mass is 300 g/mol. The van der Waals surface area contributed by atoms with Crippen molar-refractivity contribution in [2.45, 2.75) is 9.24 Å². The van der Waals surface area contributed by atoms with Crippen LogP contribution in [0.5, 0.6) is 0 Å². The molecule has 76 valence electrons. The van der Waals surface area contributed by atoms with Crippen molar-refractivity contribution in [1.82, 2.24) is 10.2 Å². The molecule has 0 aliphatic carbocycles. The molecule has 0 saturated carbocycles. The van der Waals surface area contributed by atoms with Gasteiger partial charge in [0.25, 0.3) is 0 Å². The van der Waals surface area contributed by atoms with Gasteiger partial charge in [-0.3, -0.25) is 4.79 Å². The summed E-state index contributed by atoms with van der Waals surface area (Å²) in [5.41, 5.74) is 2.34. The van der Waals surface area contributed by atoms with E-state index in [2.05, 4.69) is 26.1 Å². The van der Waals surface area contributed by atoms with E-state index in [1.54, 1.807) is 11.6 Å². The van der Waals surface area contributed by atoms with Gasteiger partial charge in [-0.25, -0.2) is 0 Å². The van der Waals surface area contributed by atoms with Crippen LogP contribution in [-0.2, 0) is 0 Å². The first-order valence-electron chi connectivity index (χ1n) is 3.98. The predicted octanol–water partition coefficient (Wildman–Crippen LogP) is 3.26. The number of aldehydes is 1. The standard InChI is InChI=1S/C9H5BrN2OS2/c10-8-3-7(2-1-6(8)4-13)15-9-12-11-5-14-9/h1-5H. The van der Waals surface area contributed by atoms with Crippen LogP contribution < -0.4 is 0 Å². The molecule has 6 heteroatoms. The first-order valence-corrected chi connectivity index (χ1v) is 6.47. The summed E-state index contributed by atoms with van der Waals surface area (Å²) in [7, 11) is 0. The van der Waals surface area contributed by atoms with Crippen LogP contribution in [0.4, 0.5) is 0 Å². The minimum atomic E-state index is 0.650. The second kappa shape index (κ2) is 4.87. The van der Waals surface area contributed by atoms with Crippen LogP contribution in [0, 0.1) is 0 Å². The Bertz CT molecular complexity index is 473. The lowest BCUT2D eigenvalue weighted by molar-refractivity contribution is 0.112. The molecule has 15 heavy (non-hydrogen) atoms. The molecule has 0 spiro atoms. The highest BCUT2D eigenvalue weighted by atomic mass is 79.9. The number of rotatable bonds is 3. The first-order chi connectivity index (χ1) is 7.29. The maximum atomic E-state index is 10.6. The van der Waals surface area contributed by atoms with Crippen molar-refractivity contribution in [3.05, 3.63) is 33.7 Å². The minimum Gasteiger partial charge on any atom is -0.298 e. The van der Waals surface area contributed by atoms with E-state index in [0.29, 0.717) is 5.56 Å². The van der Waals surface area contributed by atoms with Crippen molar-refractivity contribution in [3.8, 4) is 0 Å². The van der Waals surface area contributed by atoms with E-state index in [4.69, 9.17) is 0 Å². The van der Waals surface area contributed by atoms with E-state index in [9.17, 15) is 4.79 Å². The highest BCUT2D eigenvalue weighted by molar-refractivity contribution is 9.10. The second-order valence-corrected chi connectivity index (χ2v) is 5.62. The van der Waals surface area contributed by atoms with E-state index in [1.165, 1.54) is 23.1 Å². The number of carbonyl (C=O) groups is 1. The van der Waals surface area contributed by atoms with Crippen molar-refractivity contribution in [1.29, 1.82) is 0 Å². The first kappa shape index (κ1) is 10.8. The van der Waals surface area contributed by atoms with Gasteiger partial charge in [-0.15, -0.1) is 10.2 Å². The summed E-state index contributed by atoms with van der Waals surface area (Å²) in [5, 5.41) is 7.68. The molecule has 0 unspecified atom stereocenters. The molecule has 0 radical (unpaired) electrons. The molecule has 0 aliphatic rings. The maximum Gasteiger partial charge on any atom is 0.178 e. The fraction of sp³-hybridized carbons (Fsp3) is 0. The van der Waals surface area contributed by atoms with Gasteiger partial charge in [0.1, 0.15) is 5.51 Å². The van der Waals surface area contributed by atoms with Gasteiger partial charge in [-0.2, -0.15) is 0 Å². The largest absolute Gasteiger partial charge is 0.298 e. The highest BCUT2D eigenvalue weighted by Crippen LogP contribution is 2.31. The second-order valence-electron chi connectivity index (χ2n) is 2.61. The number of hydrogen-bond acceptors (Lipinski definition) is 5. The van der Waals surface area contributed by atoms with Crippen LogP contribution in [-0.4, -0.2) is 16.5 Å². The zero-order valence-electron chi connectivity index (χ0n) is 7.38. The topological polar surface area (TPSA) is 42.9 Å². The molecule has 0 bridgehead atoms. The average molecular weight is 301 g/mol. The third-order valence-electron chi connectivity index (χ3n) is 1.64. The summed E-state index contributed by atoms with van der Waals surface area (Å²) in [5.74, 6) is 0. The zero-order valence-corrected chi connectivity index (χ0v) is 10.6. The van der Waals surface area contributed by atoms with E-state index in [1.807, 2.05) is 12.1 Å². The van der Waals surface area contributed by atoms with Gasteiger partial charge in [0.2, 0.25) is 0 Å². The van der Waals surface area contributed by atoms with Crippen LogP contribution in [0.3, 0.4) is 0 Å². The molecule has 0 saturated heterocycles. The fourth-order valence-corrected chi connectivity index (χ4v) is 3.09. The van der Waals surface area contributed by atoms with Crippen LogP contribution in [0.15, 0.2) is 37.4 Å². The van der Waals surface area contributed by atoms with Gasteiger partial charge in [-0.1, -0.05) is 39.0 Å². The molecule has 0 atom stereocenters. The van der Waals surface area contributed by atoms with Gasteiger partial charge in [0.05, 0.1) is 0 Å². The summed E-state index contributed by atoms with van der Waals surface area (Å²) in [6, 6.07) is 5.57. The summed E-state index contributed by atoms with van der Waals surface area (Å²) in [4.78, 5) is 11.6. The molecule has 2 aromatic rings. The van der Waals surface area contributed by atoms with Gasteiger partial charge in [0.15, 0.2) is 10.6 Å². The average Bonchev–Trinajstić information content (AvgIpc) is 2.71. The van der Waals surface area contributed by atoms with Gasteiger partial charge in [0, 0.05) is 14.9 Å². The summed E-state index contributed by atoms with van der Waals surface area (Å²) >= 11 is 6.35. The Labute approximate surface area is 103 Å². The molecule has 2 rings (SSSR count). The molecular weight excluding hydrogens is 296 g/mol. The van der Waals surface area contributed by atoms with Crippen molar-refractivity contribution < 1.29 is 4.79 Å². The Morgan fingerprint density at radius 2 is 2.33 bits per heavy atom. The van der Waals surface area contributed by atoms with Crippen LogP contribution >= 0.6 is 39.0 Å². The summed E-state index contributed by atoms with van der Waals surface area (Å²) in [6.07, 6.45) is 0.823. The number of aromatic nitrogens is 2. The molecular formula is C9H5BrN2OS2. The molecule has 0 aliphatic heterocycles. The Balaban J connectivity index is 2.23. The van der Waals surface area contributed by atoms with E-state index in [0.717, 1.165) is 20.0 Å². The number of benzene rings is 1. The smallest absolute Gasteiger partial charge is 0.178 e. The molecule has 0 amide bonds. The number of hydrogen-bond donors (Lipinski definition) is 0. The number of halogens is 1. The highest BCUT2D eigenvalue weighted by Gasteiger charge is 2.04. The number of nitrogens with zero attached hydrogens (tertiary/aromatic N) is 2. The van der Waals surface area contributed by atoms with Crippen molar-refractivity contribution in [2.75, 3.05) is 0 Å². The van der Waals surface area contributed by atoms with Crippen molar-refractivity contribution in [2.24, 2.45) is 0 Å². The third kappa shape index (κ3) is 2.64. The minimum absolute atomic E-state index is 0.650. The van der Waals surface area contributed by atoms with Crippen molar-refractivity contribution >= 4 is 45.3 Å². The van der Waals surface area contributed by atoms with Crippen molar-refractivity contribution in [3.63, 3.8) is 0 Å². The van der Waals surface area contributed by atoms with E-state index >= 15 is 0 Å². The molecule has 3 nitrogen and oxygen atoms in total. The summed E-state index contributed by atoms with van der Waals surface area (Å²) in [6.45, 7) is 0. The van der Waals surface area contributed by atoms with Gasteiger partial charge < -0.3 is 0 Å². The van der Waals surface area contributed by atoms with E-state index in [-0.39, 0.29) is 0 Å². The quantitative estimate of drug-likeness (QED) is 0.816. The molecule has 1 aromatic carbocycles. The summed E-state index contributed by atoms with van der Waals surface area (Å²) < 4.78 is 1.69. The fourth-order valence-electron chi connectivity index (χ4n) is 0.975. The maximum absolute atomic E-state index is 10.6. The zero-order chi connectivity index (χ0) is 10.7. The Kier molecular flexibility index (Phi) is 3.50. The Morgan fingerprint density at radius 1 is 1.47 bits per heavy atom. The molecule has 1 aromatic heterocycles. The van der Waals surface area contributed by atoms with Gasteiger partial charge >= 0.3 is 0 Å². The third-order valence-corrected chi connectivity index (χ3v) is 4.10. The van der Waals surface area contributed by atoms with Gasteiger partial charge in [-0.05, 0) is 18.2 Å². The van der Waals surface area contributed by atoms with Crippen LogP contribution in [0.1, 0.15) is 10.4 Å². The lowest BCUT2D eigenvalue weighted by Gasteiger charge is -2.00. The molecule has 1 heterocycles. The number of carbonyl (C=O) groups excluding carboxylic acids is 1. The van der Waals surface area contributed by atoms with Crippen LogP contribution in [0.2, 0.25) is 0 Å². The lowest BCUT2D eigenvalue weighted by atomic mass is 10.2. The predicted molar refractivity (Wildman–Crippen MR) is 63.6 cm³/mol. The SMILES string of the molecule is O=Cc1ccc(Sc2nncs2)cc1Br. The molecule has 0 fully saturated rings.